The van der Waals surface area contributed by atoms with Crippen LogP contribution >= 0.6 is 0 Å². The van der Waals surface area contributed by atoms with E-state index in [1.54, 1.807) is 11.6 Å². The van der Waals surface area contributed by atoms with Crippen LogP contribution in [0.2, 0.25) is 0 Å². The molecule has 0 saturated carbocycles. The van der Waals surface area contributed by atoms with Crippen LogP contribution in [0.5, 0.6) is 0 Å². The first-order chi connectivity index (χ1) is 15.0. The van der Waals surface area contributed by atoms with Crippen molar-refractivity contribution in [3.8, 4) is 0 Å². The summed E-state index contributed by atoms with van der Waals surface area (Å²) in [6.07, 6.45) is 3.09. The lowest BCUT2D eigenvalue weighted by Gasteiger charge is -2.43. The molecular weight excluding hydrogens is 393 g/mol. The van der Waals surface area contributed by atoms with E-state index in [4.69, 9.17) is 0 Å². The molecule has 3 heterocycles. The maximum Gasteiger partial charge on any atom is 0.272 e. The quantitative estimate of drug-likeness (QED) is 0.648. The maximum atomic E-state index is 13.8. The molecule has 31 heavy (non-hydrogen) atoms. The number of aryl methyl sites for hydroxylation is 1. The number of rotatable bonds is 3. The molecule has 0 spiro atoms. The number of carbonyl (C=O) groups excluding carboxylic acids is 1. The largest absolute Gasteiger partial charge is 0.332 e. The van der Waals surface area contributed by atoms with Crippen molar-refractivity contribution in [2.75, 3.05) is 6.54 Å². The molecule has 2 aliphatic rings. The van der Waals surface area contributed by atoms with Gasteiger partial charge in [0.1, 0.15) is 11.5 Å². The number of hydrogen-bond donors (Lipinski definition) is 0. The summed E-state index contributed by atoms with van der Waals surface area (Å²) in [5, 5.41) is 4.47. The number of amides is 1. The second-order valence-corrected chi connectivity index (χ2v) is 8.57. The van der Waals surface area contributed by atoms with E-state index < -0.39 is 0 Å². The molecular formula is C25H24FN3O2. The van der Waals surface area contributed by atoms with Crippen molar-refractivity contribution in [3.05, 3.63) is 98.7 Å². The highest BCUT2D eigenvalue weighted by molar-refractivity contribution is 5.95. The summed E-state index contributed by atoms with van der Waals surface area (Å²) in [6.45, 7) is 4.41. The van der Waals surface area contributed by atoms with Crippen molar-refractivity contribution in [1.82, 2.24) is 14.7 Å². The zero-order valence-corrected chi connectivity index (χ0v) is 17.6. The van der Waals surface area contributed by atoms with Gasteiger partial charge in [-0.1, -0.05) is 42.0 Å². The molecule has 1 amide bonds. The lowest BCUT2D eigenvalue weighted by atomic mass is 9.79. The van der Waals surface area contributed by atoms with E-state index >= 15 is 0 Å². The molecule has 0 N–H and O–H groups in total. The first-order valence-corrected chi connectivity index (χ1v) is 10.7. The highest BCUT2D eigenvalue weighted by Gasteiger charge is 2.47. The van der Waals surface area contributed by atoms with Crippen molar-refractivity contribution in [2.24, 2.45) is 0 Å². The molecule has 6 heteroatoms. The normalized spacial score (nSPS) is 21.0. The summed E-state index contributed by atoms with van der Waals surface area (Å²) in [5.41, 5.74) is 3.74. The molecule has 1 fully saturated rings. The first kappa shape index (κ1) is 19.7. The molecule has 0 unspecified atom stereocenters. The molecule has 0 radical (unpaired) electrons. The average Bonchev–Trinajstić information content (AvgIpc) is 3.24. The van der Waals surface area contributed by atoms with Gasteiger partial charge in [-0.15, -0.1) is 0 Å². The predicted molar refractivity (Wildman–Crippen MR) is 116 cm³/mol. The summed E-state index contributed by atoms with van der Waals surface area (Å²) in [5.74, 6) is -0.554. The van der Waals surface area contributed by atoms with Gasteiger partial charge in [-0.25, -0.2) is 4.39 Å². The van der Waals surface area contributed by atoms with Crippen LogP contribution in [0.3, 0.4) is 0 Å². The van der Waals surface area contributed by atoms with Gasteiger partial charge in [-0.3, -0.25) is 14.3 Å². The predicted octanol–water partition coefficient (Wildman–Crippen LogP) is 3.99. The van der Waals surface area contributed by atoms with Crippen molar-refractivity contribution < 1.29 is 9.18 Å². The second-order valence-electron chi connectivity index (χ2n) is 8.57. The number of carbonyl (C=O) groups is 1. The van der Waals surface area contributed by atoms with Crippen LogP contribution in [-0.4, -0.2) is 33.2 Å². The molecule has 1 aromatic heterocycles. The van der Waals surface area contributed by atoms with Gasteiger partial charge in [0.05, 0.1) is 18.3 Å². The van der Waals surface area contributed by atoms with Crippen LogP contribution in [0, 0.1) is 19.7 Å². The van der Waals surface area contributed by atoms with E-state index in [9.17, 15) is 14.0 Å². The summed E-state index contributed by atoms with van der Waals surface area (Å²) in [6, 6.07) is 14.6. The standard InChI is InChI=1S/C25H24FN3O2/c1-15-5-3-6-18(13-15)22(17-8-10-19(26)11-9-17)24-20-7-4-12-28(20)25(31)23-16(2)21(30)14-27-29(23)24/h3,5-6,8-11,13-14,20,22,24H,4,7,12H2,1-2H3/t20-,22+,24-/m1/s1. The average molecular weight is 417 g/mol. The SMILES string of the molecule is Cc1cccc([C@H](c2ccc(F)cc2)[C@H]2[C@H]3CCCN3C(=O)c3c(C)c(=O)cnn32)c1. The molecule has 0 bridgehead atoms. The monoisotopic (exact) mass is 417 g/mol. The smallest absolute Gasteiger partial charge is 0.272 e. The van der Waals surface area contributed by atoms with Crippen LogP contribution in [-0.2, 0) is 0 Å². The minimum atomic E-state index is -0.286. The molecule has 158 valence electrons. The molecule has 2 aliphatic heterocycles. The van der Waals surface area contributed by atoms with Gasteiger partial charge in [0.2, 0.25) is 5.43 Å². The Labute approximate surface area is 180 Å². The molecule has 0 aliphatic carbocycles. The Morgan fingerprint density at radius 3 is 2.58 bits per heavy atom. The first-order valence-electron chi connectivity index (χ1n) is 10.7. The Kier molecular flexibility index (Phi) is 4.73. The zero-order chi connectivity index (χ0) is 21.7. The third kappa shape index (κ3) is 3.17. The topological polar surface area (TPSA) is 55.2 Å². The molecule has 3 aromatic rings. The molecule has 3 atom stereocenters. The minimum absolute atomic E-state index is 0.0371. The van der Waals surface area contributed by atoms with Gasteiger partial charge >= 0.3 is 0 Å². The third-order valence-electron chi connectivity index (χ3n) is 6.66. The summed E-state index contributed by atoms with van der Waals surface area (Å²) >= 11 is 0. The van der Waals surface area contributed by atoms with Crippen LogP contribution in [0.15, 0.2) is 59.5 Å². The molecule has 5 rings (SSSR count). The summed E-state index contributed by atoms with van der Waals surface area (Å²) in [4.78, 5) is 27.5. The molecule has 2 aromatic carbocycles. The Bertz CT molecular complexity index is 1220. The van der Waals surface area contributed by atoms with Gasteiger partial charge in [-0.2, -0.15) is 5.10 Å². The summed E-state index contributed by atoms with van der Waals surface area (Å²) < 4.78 is 15.5. The number of nitrogens with zero attached hydrogens (tertiary/aromatic N) is 3. The fraction of sp³-hybridized carbons (Fsp3) is 0.320. The van der Waals surface area contributed by atoms with Crippen molar-refractivity contribution >= 4 is 5.91 Å². The fourth-order valence-electron chi connectivity index (χ4n) is 5.22. The van der Waals surface area contributed by atoms with Crippen molar-refractivity contribution in [3.63, 3.8) is 0 Å². The van der Waals surface area contributed by atoms with Crippen LogP contribution in [0.1, 0.15) is 57.5 Å². The Morgan fingerprint density at radius 1 is 1.06 bits per heavy atom. The van der Waals surface area contributed by atoms with Gasteiger partial charge in [0.25, 0.3) is 5.91 Å². The van der Waals surface area contributed by atoms with E-state index in [-0.39, 0.29) is 35.2 Å². The van der Waals surface area contributed by atoms with E-state index in [1.807, 2.05) is 36.1 Å². The fourth-order valence-corrected chi connectivity index (χ4v) is 5.22. The van der Waals surface area contributed by atoms with E-state index in [0.29, 0.717) is 17.8 Å². The molecule has 5 nitrogen and oxygen atoms in total. The Balaban J connectivity index is 1.78. The zero-order valence-electron chi connectivity index (χ0n) is 17.6. The van der Waals surface area contributed by atoms with Gasteiger partial charge < -0.3 is 4.90 Å². The number of benzene rings is 2. The van der Waals surface area contributed by atoms with Gasteiger partial charge in [0, 0.05) is 18.0 Å². The number of aromatic nitrogens is 2. The summed E-state index contributed by atoms with van der Waals surface area (Å²) in [7, 11) is 0. The highest BCUT2D eigenvalue weighted by Crippen LogP contribution is 2.45. The number of halogens is 1. The van der Waals surface area contributed by atoms with E-state index in [0.717, 1.165) is 29.5 Å². The number of hydrogen-bond acceptors (Lipinski definition) is 3. The molecule has 1 saturated heterocycles. The minimum Gasteiger partial charge on any atom is -0.332 e. The van der Waals surface area contributed by atoms with Crippen LogP contribution < -0.4 is 5.43 Å². The van der Waals surface area contributed by atoms with Gasteiger partial charge in [-0.05, 0) is 49.9 Å². The van der Waals surface area contributed by atoms with E-state index in [1.165, 1.54) is 18.3 Å². The van der Waals surface area contributed by atoms with Crippen molar-refractivity contribution in [1.29, 1.82) is 0 Å². The van der Waals surface area contributed by atoms with Crippen molar-refractivity contribution in [2.45, 2.75) is 44.7 Å². The Morgan fingerprint density at radius 2 is 1.84 bits per heavy atom. The Hall–Kier alpha value is -3.28. The van der Waals surface area contributed by atoms with Gasteiger partial charge in [0.15, 0.2) is 0 Å². The lowest BCUT2D eigenvalue weighted by molar-refractivity contribution is 0.0571. The lowest BCUT2D eigenvalue weighted by Crippen LogP contribution is -2.51. The third-order valence-corrected chi connectivity index (χ3v) is 6.66. The maximum absolute atomic E-state index is 13.8. The number of fused-ring (bicyclic) bond motifs is 2. The second kappa shape index (κ2) is 7.45. The van der Waals surface area contributed by atoms with E-state index in [2.05, 4.69) is 17.2 Å². The van der Waals surface area contributed by atoms with Crippen LogP contribution in [0.4, 0.5) is 4.39 Å². The van der Waals surface area contributed by atoms with Crippen LogP contribution in [0.25, 0.3) is 0 Å². The highest BCUT2D eigenvalue weighted by atomic mass is 19.1.